The summed E-state index contributed by atoms with van der Waals surface area (Å²) in [6.45, 7) is 1.93. The Bertz CT molecular complexity index is 821. The minimum absolute atomic E-state index is 0.261. The van der Waals surface area contributed by atoms with E-state index in [-0.39, 0.29) is 5.69 Å². The monoisotopic (exact) mass is 261 g/mol. The number of rotatable bonds is 2. The average molecular weight is 261 g/mol. The molecular weight excluding hydrogens is 250 g/mol. The van der Waals surface area contributed by atoms with Gasteiger partial charge in [-0.15, -0.1) is 0 Å². The van der Waals surface area contributed by atoms with E-state index in [9.17, 15) is 0 Å². The van der Waals surface area contributed by atoms with Crippen molar-refractivity contribution in [3.05, 3.63) is 60.0 Å². The molecule has 0 radical (unpaired) electrons. The zero-order valence-electron chi connectivity index (χ0n) is 10.9. The quantitative estimate of drug-likeness (QED) is 0.707. The van der Waals surface area contributed by atoms with Crippen LogP contribution >= 0.6 is 0 Å². The van der Waals surface area contributed by atoms with Crippen LogP contribution in [0.3, 0.4) is 0 Å². The maximum absolute atomic E-state index is 9.05. The number of hydrogen-bond donors (Lipinski definition) is 0. The van der Waals surface area contributed by atoms with Crippen LogP contribution in [0.15, 0.2) is 48.7 Å². The van der Waals surface area contributed by atoms with Crippen LogP contribution in [0.1, 0.15) is 11.4 Å². The van der Waals surface area contributed by atoms with Crippen LogP contribution in [0.5, 0.6) is 11.5 Å². The highest BCUT2D eigenvalue weighted by molar-refractivity contribution is 5.84. The Balaban J connectivity index is 2.11. The molecule has 0 aliphatic carbocycles. The van der Waals surface area contributed by atoms with Crippen molar-refractivity contribution >= 4 is 10.9 Å². The van der Waals surface area contributed by atoms with Crippen molar-refractivity contribution in [2.24, 2.45) is 0 Å². The standard InChI is InChI=1S/C16H11N3O/c1-11-7-8-12-4-2-5-15(16(12)19-11)20-14-6-3-9-18-13(14)10-17/h2-9H,1H3. The van der Waals surface area contributed by atoms with E-state index in [4.69, 9.17) is 10.00 Å². The number of pyridine rings is 2. The predicted octanol–water partition coefficient (Wildman–Crippen LogP) is 3.60. The smallest absolute Gasteiger partial charge is 0.183 e. The lowest BCUT2D eigenvalue weighted by Gasteiger charge is -2.09. The average Bonchev–Trinajstić information content (AvgIpc) is 2.48. The third-order valence-electron chi connectivity index (χ3n) is 2.92. The molecule has 3 rings (SSSR count). The van der Waals surface area contributed by atoms with E-state index in [2.05, 4.69) is 9.97 Å². The number of aromatic nitrogens is 2. The van der Waals surface area contributed by atoms with Gasteiger partial charge in [-0.3, -0.25) is 0 Å². The lowest BCUT2D eigenvalue weighted by molar-refractivity contribution is 0.482. The van der Waals surface area contributed by atoms with E-state index < -0.39 is 0 Å². The molecule has 4 heteroatoms. The maximum atomic E-state index is 9.05. The summed E-state index contributed by atoms with van der Waals surface area (Å²) in [6.07, 6.45) is 1.57. The van der Waals surface area contributed by atoms with Gasteiger partial charge in [-0.1, -0.05) is 18.2 Å². The molecule has 0 atom stereocenters. The molecule has 0 unspecified atom stereocenters. The van der Waals surface area contributed by atoms with Crippen molar-refractivity contribution in [1.29, 1.82) is 5.26 Å². The first kappa shape index (κ1) is 12.1. The summed E-state index contributed by atoms with van der Waals surface area (Å²) in [5.74, 6) is 1.06. The van der Waals surface area contributed by atoms with Gasteiger partial charge >= 0.3 is 0 Å². The summed E-state index contributed by atoms with van der Waals surface area (Å²) >= 11 is 0. The molecule has 0 N–H and O–H groups in total. The Labute approximate surface area is 116 Å². The van der Waals surface area contributed by atoms with Crippen LogP contribution in [-0.4, -0.2) is 9.97 Å². The van der Waals surface area contributed by atoms with Gasteiger partial charge in [0.2, 0.25) is 0 Å². The summed E-state index contributed by atoms with van der Waals surface area (Å²) in [4.78, 5) is 8.48. The van der Waals surface area contributed by atoms with Gasteiger partial charge in [0, 0.05) is 17.3 Å². The van der Waals surface area contributed by atoms with Crippen molar-refractivity contribution in [2.75, 3.05) is 0 Å². The number of fused-ring (bicyclic) bond motifs is 1. The normalized spacial score (nSPS) is 10.2. The number of ether oxygens (including phenoxy) is 1. The van der Waals surface area contributed by atoms with E-state index in [0.717, 1.165) is 16.6 Å². The van der Waals surface area contributed by atoms with Gasteiger partial charge in [-0.25, -0.2) is 9.97 Å². The molecule has 0 amide bonds. The Morgan fingerprint density at radius 1 is 1.05 bits per heavy atom. The highest BCUT2D eigenvalue weighted by Gasteiger charge is 2.09. The third kappa shape index (κ3) is 2.17. The molecule has 96 valence electrons. The number of hydrogen-bond acceptors (Lipinski definition) is 4. The molecule has 3 aromatic rings. The van der Waals surface area contributed by atoms with Crippen molar-refractivity contribution in [3.63, 3.8) is 0 Å². The molecule has 0 aliphatic rings. The number of benzene rings is 1. The molecule has 0 aliphatic heterocycles. The van der Waals surface area contributed by atoms with Gasteiger partial charge < -0.3 is 4.74 Å². The van der Waals surface area contributed by atoms with Crippen LogP contribution in [0.25, 0.3) is 10.9 Å². The maximum Gasteiger partial charge on any atom is 0.183 e. The summed E-state index contributed by atoms with van der Waals surface area (Å²) in [5, 5.41) is 10.0. The highest BCUT2D eigenvalue weighted by Crippen LogP contribution is 2.29. The summed E-state index contributed by atoms with van der Waals surface area (Å²) in [7, 11) is 0. The second kappa shape index (κ2) is 4.98. The number of aryl methyl sites for hydroxylation is 1. The SMILES string of the molecule is Cc1ccc2cccc(Oc3cccnc3C#N)c2n1. The van der Waals surface area contributed by atoms with E-state index in [1.165, 1.54) is 0 Å². The predicted molar refractivity (Wildman–Crippen MR) is 75.5 cm³/mol. The molecular formula is C16H11N3O. The molecule has 0 saturated carbocycles. The molecule has 2 heterocycles. The second-order valence-corrected chi connectivity index (χ2v) is 4.34. The molecule has 4 nitrogen and oxygen atoms in total. The van der Waals surface area contributed by atoms with Crippen molar-refractivity contribution < 1.29 is 4.74 Å². The van der Waals surface area contributed by atoms with Crippen LogP contribution in [0.4, 0.5) is 0 Å². The Hall–Kier alpha value is -2.93. The zero-order valence-corrected chi connectivity index (χ0v) is 10.9. The molecule has 2 aromatic heterocycles. The second-order valence-electron chi connectivity index (χ2n) is 4.34. The lowest BCUT2D eigenvalue weighted by atomic mass is 10.2. The minimum Gasteiger partial charge on any atom is -0.452 e. The molecule has 0 fully saturated rings. The summed E-state index contributed by atoms with van der Waals surface area (Å²) < 4.78 is 5.82. The Kier molecular flexibility index (Phi) is 3.02. The van der Waals surface area contributed by atoms with Gasteiger partial charge in [0.25, 0.3) is 0 Å². The van der Waals surface area contributed by atoms with Gasteiger partial charge in [-0.2, -0.15) is 5.26 Å². The van der Waals surface area contributed by atoms with Gasteiger partial charge in [-0.05, 0) is 31.2 Å². The minimum atomic E-state index is 0.261. The van der Waals surface area contributed by atoms with Crippen LogP contribution in [-0.2, 0) is 0 Å². The fourth-order valence-corrected chi connectivity index (χ4v) is 1.98. The Morgan fingerprint density at radius 3 is 2.75 bits per heavy atom. The molecule has 0 saturated heterocycles. The van der Waals surface area contributed by atoms with Crippen molar-refractivity contribution in [1.82, 2.24) is 9.97 Å². The molecule has 0 spiro atoms. The van der Waals surface area contributed by atoms with Crippen LogP contribution in [0, 0.1) is 18.3 Å². The zero-order chi connectivity index (χ0) is 13.9. The van der Waals surface area contributed by atoms with Crippen LogP contribution < -0.4 is 4.74 Å². The lowest BCUT2D eigenvalue weighted by Crippen LogP contribution is -1.93. The first-order chi connectivity index (χ1) is 9.78. The van der Waals surface area contributed by atoms with Crippen molar-refractivity contribution in [3.8, 4) is 17.6 Å². The molecule has 0 bridgehead atoms. The molecule has 1 aromatic carbocycles. The third-order valence-corrected chi connectivity index (χ3v) is 2.92. The van der Waals surface area contributed by atoms with Crippen LogP contribution in [0.2, 0.25) is 0 Å². The largest absolute Gasteiger partial charge is 0.452 e. The molecule has 20 heavy (non-hydrogen) atoms. The summed E-state index contributed by atoms with van der Waals surface area (Å²) in [5.41, 5.74) is 1.96. The fourth-order valence-electron chi connectivity index (χ4n) is 1.98. The first-order valence-electron chi connectivity index (χ1n) is 6.17. The first-order valence-corrected chi connectivity index (χ1v) is 6.17. The van der Waals surface area contributed by atoms with E-state index in [0.29, 0.717) is 11.5 Å². The number of nitrogens with zero attached hydrogens (tertiary/aromatic N) is 3. The van der Waals surface area contributed by atoms with Gasteiger partial charge in [0.05, 0.1) is 0 Å². The summed E-state index contributed by atoms with van der Waals surface area (Å²) in [6, 6.07) is 15.1. The topological polar surface area (TPSA) is 58.8 Å². The van der Waals surface area contributed by atoms with E-state index in [1.54, 1.807) is 18.3 Å². The highest BCUT2D eigenvalue weighted by atomic mass is 16.5. The van der Waals surface area contributed by atoms with Gasteiger partial charge in [0.1, 0.15) is 11.6 Å². The van der Waals surface area contributed by atoms with Crippen molar-refractivity contribution in [2.45, 2.75) is 6.92 Å². The number of nitriles is 1. The number of para-hydroxylation sites is 1. The van der Waals surface area contributed by atoms with E-state index in [1.807, 2.05) is 43.3 Å². The fraction of sp³-hybridized carbons (Fsp3) is 0.0625. The van der Waals surface area contributed by atoms with E-state index >= 15 is 0 Å². The van der Waals surface area contributed by atoms with Gasteiger partial charge in [0.15, 0.2) is 17.2 Å². The Morgan fingerprint density at radius 2 is 1.90 bits per heavy atom.